The molecule has 1 aromatic heterocycles. The minimum Gasteiger partial charge on any atom is -0.497 e. The Morgan fingerprint density at radius 2 is 2.03 bits per heavy atom. The number of carbonyl (C=O) groups is 1. The number of benzene rings is 2. The van der Waals surface area contributed by atoms with Crippen LogP contribution in [0.25, 0.3) is 11.0 Å². The van der Waals surface area contributed by atoms with E-state index < -0.39 is 0 Å². The summed E-state index contributed by atoms with van der Waals surface area (Å²) in [5, 5.41) is 3.04. The lowest BCUT2D eigenvalue weighted by Gasteiger charge is -2.32. The highest BCUT2D eigenvalue weighted by Crippen LogP contribution is 2.25. The van der Waals surface area contributed by atoms with E-state index in [9.17, 15) is 4.79 Å². The van der Waals surface area contributed by atoms with E-state index in [4.69, 9.17) is 14.5 Å². The van der Waals surface area contributed by atoms with Crippen molar-refractivity contribution in [3.8, 4) is 11.5 Å². The third-order valence-corrected chi connectivity index (χ3v) is 6.60. The molecule has 2 heterocycles. The van der Waals surface area contributed by atoms with Crippen LogP contribution in [0.15, 0.2) is 42.5 Å². The Balaban J connectivity index is 1.25. The molecule has 1 N–H and O–H groups in total. The lowest BCUT2D eigenvalue weighted by molar-refractivity contribution is -0.121. The molecule has 1 unspecified atom stereocenters. The Morgan fingerprint density at radius 1 is 1.18 bits per heavy atom. The Hall–Kier alpha value is -3.06. The van der Waals surface area contributed by atoms with Crippen LogP contribution < -0.4 is 14.8 Å². The number of aryl methyl sites for hydroxylation is 1. The predicted octanol–water partition coefficient (Wildman–Crippen LogP) is 3.90. The summed E-state index contributed by atoms with van der Waals surface area (Å²) in [6.45, 7) is 3.41. The molecule has 4 rings (SSSR count). The number of hydrogen-bond acceptors (Lipinski definition) is 5. The number of fused-ring (bicyclic) bond motifs is 1. The molecule has 0 radical (unpaired) electrons. The van der Waals surface area contributed by atoms with Crippen molar-refractivity contribution >= 4 is 16.9 Å². The van der Waals surface area contributed by atoms with Crippen LogP contribution in [0.2, 0.25) is 0 Å². The number of likely N-dealkylation sites (tertiary alicyclic amines) is 1. The number of piperidine rings is 1. The summed E-state index contributed by atoms with van der Waals surface area (Å²) >= 11 is 0. The number of methoxy groups -OCH3 is 2. The zero-order valence-corrected chi connectivity index (χ0v) is 19.8. The fourth-order valence-corrected chi connectivity index (χ4v) is 4.68. The highest BCUT2D eigenvalue weighted by Gasteiger charge is 2.22. The molecule has 0 spiro atoms. The Morgan fingerprint density at radius 3 is 2.82 bits per heavy atom. The number of nitrogens with zero attached hydrogens (tertiary/aromatic N) is 3. The van der Waals surface area contributed by atoms with E-state index in [1.165, 1.54) is 18.4 Å². The third-order valence-electron chi connectivity index (χ3n) is 6.60. The predicted molar refractivity (Wildman–Crippen MR) is 129 cm³/mol. The average Bonchev–Trinajstić information content (AvgIpc) is 3.16. The largest absolute Gasteiger partial charge is 0.497 e. The zero-order valence-electron chi connectivity index (χ0n) is 19.8. The van der Waals surface area contributed by atoms with Gasteiger partial charge in [0, 0.05) is 38.2 Å². The molecule has 1 atom stereocenters. The summed E-state index contributed by atoms with van der Waals surface area (Å²) in [6.07, 6.45) is 3.80. The first-order valence-corrected chi connectivity index (χ1v) is 11.7. The van der Waals surface area contributed by atoms with E-state index >= 15 is 0 Å². The molecule has 33 heavy (non-hydrogen) atoms. The smallest absolute Gasteiger partial charge is 0.220 e. The van der Waals surface area contributed by atoms with Crippen molar-refractivity contribution in [2.75, 3.05) is 27.3 Å². The first kappa shape index (κ1) is 23.1. The lowest BCUT2D eigenvalue weighted by atomic mass is 9.93. The maximum absolute atomic E-state index is 12.5. The van der Waals surface area contributed by atoms with Gasteiger partial charge in [0.25, 0.3) is 0 Å². The van der Waals surface area contributed by atoms with Crippen LogP contribution >= 0.6 is 0 Å². The number of rotatable bonds is 9. The molecule has 1 aliphatic heterocycles. The van der Waals surface area contributed by atoms with Crippen molar-refractivity contribution in [2.24, 2.45) is 13.0 Å². The average molecular weight is 451 g/mol. The maximum atomic E-state index is 12.5. The van der Waals surface area contributed by atoms with Crippen LogP contribution in [0.5, 0.6) is 11.5 Å². The van der Waals surface area contributed by atoms with E-state index in [1.807, 2.05) is 24.3 Å². The van der Waals surface area contributed by atoms with Gasteiger partial charge in [-0.2, -0.15) is 0 Å². The highest BCUT2D eigenvalue weighted by molar-refractivity contribution is 5.76. The number of hydrogen-bond donors (Lipinski definition) is 1. The Labute approximate surface area is 195 Å². The van der Waals surface area contributed by atoms with Gasteiger partial charge in [-0.15, -0.1) is 0 Å². The van der Waals surface area contributed by atoms with Crippen LogP contribution in [0.3, 0.4) is 0 Å². The number of aromatic nitrogens is 2. The number of imidazole rings is 1. The molecular weight excluding hydrogens is 416 g/mol. The second kappa shape index (κ2) is 10.7. The SMILES string of the molecule is COc1ccc(CNC(=O)CCC2CCCN(Cc3nc4ccccc4n3C)C2)c(OC)c1. The van der Waals surface area contributed by atoms with Crippen LogP contribution in [-0.2, 0) is 24.9 Å². The van der Waals surface area contributed by atoms with Crippen molar-refractivity contribution < 1.29 is 14.3 Å². The third kappa shape index (κ3) is 5.66. The van der Waals surface area contributed by atoms with Crippen LogP contribution in [0, 0.1) is 5.92 Å². The van der Waals surface area contributed by atoms with Gasteiger partial charge < -0.3 is 19.4 Å². The quantitative estimate of drug-likeness (QED) is 0.536. The van der Waals surface area contributed by atoms with Crippen molar-refractivity contribution in [2.45, 2.75) is 38.8 Å². The number of carbonyl (C=O) groups excluding carboxylic acids is 1. The molecule has 7 heteroatoms. The van der Waals surface area contributed by atoms with Crippen molar-refractivity contribution in [3.63, 3.8) is 0 Å². The highest BCUT2D eigenvalue weighted by atomic mass is 16.5. The summed E-state index contributed by atoms with van der Waals surface area (Å²) in [7, 11) is 5.35. The number of ether oxygens (including phenoxy) is 2. The summed E-state index contributed by atoms with van der Waals surface area (Å²) < 4.78 is 12.8. The van der Waals surface area contributed by atoms with Crippen LogP contribution in [-0.4, -0.2) is 47.7 Å². The molecule has 176 valence electrons. The van der Waals surface area contributed by atoms with E-state index in [2.05, 4.69) is 40.0 Å². The van der Waals surface area contributed by atoms with Gasteiger partial charge in [0.1, 0.15) is 17.3 Å². The minimum absolute atomic E-state index is 0.0837. The summed E-state index contributed by atoms with van der Waals surface area (Å²) in [6, 6.07) is 13.9. The van der Waals surface area contributed by atoms with Crippen molar-refractivity contribution in [3.05, 3.63) is 53.9 Å². The molecule has 0 bridgehead atoms. The van der Waals surface area contributed by atoms with Gasteiger partial charge in [-0.3, -0.25) is 9.69 Å². The first-order chi connectivity index (χ1) is 16.1. The van der Waals surface area contributed by atoms with Crippen LogP contribution in [0.1, 0.15) is 37.1 Å². The second-order valence-corrected chi connectivity index (χ2v) is 8.81. The zero-order chi connectivity index (χ0) is 23.2. The first-order valence-electron chi connectivity index (χ1n) is 11.7. The summed E-state index contributed by atoms with van der Waals surface area (Å²) in [5.74, 6) is 3.18. The van der Waals surface area contributed by atoms with E-state index in [-0.39, 0.29) is 5.91 Å². The maximum Gasteiger partial charge on any atom is 0.220 e. The summed E-state index contributed by atoms with van der Waals surface area (Å²) in [4.78, 5) is 19.8. The monoisotopic (exact) mass is 450 g/mol. The number of para-hydroxylation sites is 2. The molecule has 0 saturated carbocycles. The van der Waals surface area contributed by atoms with Crippen molar-refractivity contribution in [1.29, 1.82) is 0 Å². The van der Waals surface area contributed by atoms with Gasteiger partial charge in [0.05, 0.1) is 31.8 Å². The molecule has 1 aliphatic rings. The van der Waals surface area contributed by atoms with Gasteiger partial charge in [-0.05, 0) is 56.0 Å². The Kier molecular flexibility index (Phi) is 7.50. The van der Waals surface area contributed by atoms with Gasteiger partial charge in [0.15, 0.2) is 0 Å². The number of amides is 1. The molecule has 0 aliphatic carbocycles. The van der Waals surface area contributed by atoms with Crippen molar-refractivity contribution in [1.82, 2.24) is 19.8 Å². The number of nitrogens with one attached hydrogen (secondary N) is 1. The normalized spacial score (nSPS) is 16.6. The second-order valence-electron chi connectivity index (χ2n) is 8.81. The molecular formula is C26H34N4O3. The molecule has 7 nitrogen and oxygen atoms in total. The standard InChI is InChI=1S/C26H34N4O3/c1-29-23-9-5-4-8-22(23)28-25(29)18-30-14-6-7-19(17-30)10-13-26(31)27-16-20-11-12-21(32-2)15-24(20)33-3/h4-5,8-9,11-12,15,19H,6-7,10,13-14,16-18H2,1-3H3,(H,27,31). The topological polar surface area (TPSA) is 68.6 Å². The van der Waals surface area contributed by atoms with Crippen LogP contribution in [0.4, 0.5) is 0 Å². The molecule has 1 saturated heterocycles. The van der Waals surface area contributed by atoms with Gasteiger partial charge in [-0.25, -0.2) is 4.98 Å². The lowest BCUT2D eigenvalue weighted by Crippen LogP contribution is -2.36. The van der Waals surface area contributed by atoms with E-state index in [0.717, 1.165) is 54.5 Å². The fourth-order valence-electron chi connectivity index (χ4n) is 4.68. The van der Waals surface area contributed by atoms with Gasteiger partial charge >= 0.3 is 0 Å². The minimum atomic E-state index is 0.0837. The fraction of sp³-hybridized carbons (Fsp3) is 0.462. The van der Waals surface area contributed by atoms with Gasteiger partial charge in [-0.1, -0.05) is 12.1 Å². The molecule has 1 amide bonds. The van der Waals surface area contributed by atoms with Gasteiger partial charge in [0.2, 0.25) is 5.91 Å². The van der Waals surface area contributed by atoms with E-state index in [1.54, 1.807) is 14.2 Å². The molecule has 1 fully saturated rings. The summed E-state index contributed by atoms with van der Waals surface area (Å²) in [5.41, 5.74) is 3.16. The van der Waals surface area contributed by atoms with E-state index in [0.29, 0.717) is 18.9 Å². The molecule has 3 aromatic rings. The molecule has 2 aromatic carbocycles. The Bertz CT molecular complexity index is 1090.